The average Bonchev–Trinajstić information content (AvgIpc) is 2.91. The van der Waals surface area contributed by atoms with E-state index >= 15 is 0 Å². The molecule has 3 unspecified atom stereocenters. The molecule has 2 N–H and O–H groups in total. The van der Waals surface area contributed by atoms with E-state index in [1.54, 1.807) is 11.3 Å². The van der Waals surface area contributed by atoms with Crippen LogP contribution < -0.4 is 5.73 Å². The minimum absolute atomic E-state index is 0. The topological polar surface area (TPSA) is 55.6 Å². The maximum Gasteiger partial charge on any atom is 0.242 e. The van der Waals surface area contributed by atoms with E-state index in [9.17, 15) is 4.79 Å². The molecule has 4 nitrogen and oxygen atoms in total. The molecule has 0 aliphatic carbocycles. The van der Waals surface area contributed by atoms with E-state index in [0.29, 0.717) is 19.5 Å². The maximum absolute atomic E-state index is 12.6. The summed E-state index contributed by atoms with van der Waals surface area (Å²) in [5, 5.41) is 4.12. The third-order valence-corrected chi connectivity index (χ3v) is 4.42. The highest BCUT2D eigenvalue weighted by Crippen LogP contribution is 2.28. The minimum atomic E-state index is -0.773. The van der Waals surface area contributed by atoms with Crippen molar-refractivity contribution >= 4 is 29.7 Å². The van der Waals surface area contributed by atoms with Gasteiger partial charge in [-0.3, -0.25) is 4.79 Å². The number of amides is 1. The molecule has 1 aliphatic heterocycles. The second kappa shape index (κ2) is 7.58. The Morgan fingerprint density at radius 2 is 2.29 bits per heavy atom. The summed E-state index contributed by atoms with van der Waals surface area (Å²) < 4.78 is 5.96. The Balaban J connectivity index is 0.00000220. The van der Waals surface area contributed by atoms with Gasteiger partial charge in [0, 0.05) is 6.54 Å². The van der Waals surface area contributed by atoms with Gasteiger partial charge in [0.1, 0.15) is 6.10 Å². The summed E-state index contributed by atoms with van der Waals surface area (Å²) in [5.41, 5.74) is 6.56. The molecule has 0 radical (unpaired) electrons. The Hall–Kier alpha value is -0.620. The van der Waals surface area contributed by atoms with Gasteiger partial charge >= 0.3 is 0 Å². The highest BCUT2D eigenvalue weighted by atomic mass is 35.5. The van der Waals surface area contributed by atoms with Crippen molar-refractivity contribution in [2.75, 3.05) is 13.1 Å². The number of ether oxygens (including phenoxy) is 1. The van der Waals surface area contributed by atoms with Gasteiger partial charge in [0.15, 0.2) is 0 Å². The van der Waals surface area contributed by atoms with Crippen molar-refractivity contribution in [1.82, 2.24) is 4.90 Å². The molecular formula is C15H25ClN2O2S. The molecule has 1 fully saturated rings. The quantitative estimate of drug-likeness (QED) is 0.922. The molecule has 2 rings (SSSR count). The molecule has 21 heavy (non-hydrogen) atoms. The van der Waals surface area contributed by atoms with Crippen LogP contribution >= 0.6 is 23.7 Å². The molecule has 1 aromatic rings. The van der Waals surface area contributed by atoms with Crippen molar-refractivity contribution in [2.45, 2.75) is 51.4 Å². The van der Waals surface area contributed by atoms with Gasteiger partial charge in [-0.25, -0.2) is 0 Å². The van der Waals surface area contributed by atoms with Crippen LogP contribution in [0, 0.1) is 0 Å². The van der Waals surface area contributed by atoms with Gasteiger partial charge in [-0.1, -0.05) is 13.3 Å². The van der Waals surface area contributed by atoms with Crippen LogP contribution in [0.2, 0.25) is 0 Å². The first-order valence-corrected chi connectivity index (χ1v) is 8.14. The van der Waals surface area contributed by atoms with Crippen LogP contribution in [0.3, 0.4) is 0 Å². The van der Waals surface area contributed by atoms with E-state index in [4.69, 9.17) is 10.5 Å². The Kier molecular flexibility index (Phi) is 6.66. The lowest BCUT2D eigenvalue weighted by Crippen LogP contribution is -2.57. The lowest BCUT2D eigenvalue weighted by molar-refractivity contribution is -0.150. The van der Waals surface area contributed by atoms with Crippen molar-refractivity contribution in [2.24, 2.45) is 5.73 Å². The van der Waals surface area contributed by atoms with Gasteiger partial charge in [-0.2, -0.15) is 11.3 Å². The van der Waals surface area contributed by atoms with E-state index in [1.807, 2.05) is 24.1 Å². The van der Waals surface area contributed by atoms with Crippen LogP contribution in [0.4, 0.5) is 0 Å². The molecule has 1 saturated heterocycles. The molecule has 0 aromatic carbocycles. The smallest absolute Gasteiger partial charge is 0.242 e. The highest BCUT2D eigenvalue weighted by Gasteiger charge is 2.36. The van der Waals surface area contributed by atoms with Gasteiger partial charge in [-0.15, -0.1) is 12.4 Å². The van der Waals surface area contributed by atoms with Crippen LogP contribution in [-0.2, 0) is 9.53 Å². The maximum atomic E-state index is 12.6. The van der Waals surface area contributed by atoms with Gasteiger partial charge in [-0.05, 0) is 42.7 Å². The molecule has 0 saturated carbocycles. The highest BCUT2D eigenvalue weighted by molar-refractivity contribution is 7.07. The summed E-state index contributed by atoms with van der Waals surface area (Å²) in [4.78, 5) is 14.5. The predicted octanol–water partition coefficient (Wildman–Crippen LogP) is 2.98. The average molecular weight is 333 g/mol. The SMILES string of the molecule is CCCC(C)(N)C(=O)N1CC(C)OC(c2ccsc2)C1.Cl. The minimum Gasteiger partial charge on any atom is -0.367 e. The van der Waals surface area contributed by atoms with E-state index in [1.165, 1.54) is 0 Å². The summed E-state index contributed by atoms with van der Waals surface area (Å²) in [6.07, 6.45) is 1.62. The fourth-order valence-corrected chi connectivity index (χ4v) is 3.45. The summed E-state index contributed by atoms with van der Waals surface area (Å²) in [6, 6.07) is 2.06. The molecule has 0 bridgehead atoms. The number of nitrogens with zero attached hydrogens (tertiary/aromatic N) is 1. The zero-order chi connectivity index (χ0) is 14.8. The fraction of sp³-hybridized carbons (Fsp3) is 0.667. The van der Waals surface area contributed by atoms with Crippen molar-refractivity contribution < 1.29 is 9.53 Å². The zero-order valence-electron chi connectivity index (χ0n) is 12.9. The first-order chi connectivity index (χ1) is 9.44. The summed E-state index contributed by atoms with van der Waals surface area (Å²) in [6.45, 7) is 7.10. The number of rotatable bonds is 4. The molecule has 6 heteroatoms. The molecule has 0 spiro atoms. The van der Waals surface area contributed by atoms with E-state index in [2.05, 4.69) is 18.4 Å². The number of thiophene rings is 1. The summed E-state index contributed by atoms with van der Waals surface area (Å²) >= 11 is 1.65. The Bertz CT molecular complexity index is 451. The molecule has 1 aliphatic rings. The van der Waals surface area contributed by atoms with Gasteiger partial charge in [0.05, 0.1) is 18.2 Å². The Morgan fingerprint density at radius 1 is 1.57 bits per heavy atom. The fourth-order valence-electron chi connectivity index (χ4n) is 2.75. The van der Waals surface area contributed by atoms with Gasteiger partial charge in [0.25, 0.3) is 0 Å². The monoisotopic (exact) mass is 332 g/mol. The first kappa shape index (κ1) is 18.4. The second-order valence-corrected chi connectivity index (χ2v) is 6.65. The van der Waals surface area contributed by atoms with E-state index < -0.39 is 5.54 Å². The van der Waals surface area contributed by atoms with Crippen LogP contribution in [0.25, 0.3) is 0 Å². The van der Waals surface area contributed by atoms with Crippen LogP contribution in [0.1, 0.15) is 45.3 Å². The third kappa shape index (κ3) is 4.42. The van der Waals surface area contributed by atoms with Gasteiger partial charge in [0.2, 0.25) is 5.91 Å². The normalized spacial score (nSPS) is 25.0. The summed E-state index contributed by atoms with van der Waals surface area (Å²) in [7, 11) is 0. The van der Waals surface area contributed by atoms with Gasteiger partial charge < -0.3 is 15.4 Å². The number of nitrogens with two attached hydrogens (primary N) is 1. The number of hydrogen-bond acceptors (Lipinski definition) is 4. The number of hydrogen-bond donors (Lipinski definition) is 1. The standard InChI is InChI=1S/C15H24N2O2S.ClH/c1-4-6-15(3,16)14(18)17-8-11(2)19-13(9-17)12-5-7-20-10-12;/h5,7,10-11,13H,4,6,8-9,16H2,1-3H3;1H. The molecule has 2 heterocycles. The van der Waals surface area contributed by atoms with E-state index in [0.717, 1.165) is 12.0 Å². The molecular weight excluding hydrogens is 308 g/mol. The number of carbonyl (C=O) groups is 1. The number of carbonyl (C=O) groups excluding carboxylic acids is 1. The van der Waals surface area contributed by atoms with Crippen LogP contribution in [0.5, 0.6) is 0 Å². The Labute approximate surface area is 137 Å². The molecule has 3 atom stereocenters. The van der Waals surface area contributed by atoms with Crippen molar-refractivity contribution in [3.63, 3.8) is 0 Å². The number of halogens is 1. The Morgan fingerprint density at radius 3 is 2.86 bits per heavy atom. The molecule has 1 amide bonds. The largest absolute Gasteiger partial charge is 0.367 e. The van der Waals surface area contributed by atoms with Crippen molar-refractivity contribution in [3.8, 4) is 0 Å². The first-order valence-electron chi connectivity index (χ1n) is 7.20. The van der Waals surface area contributed by atoms with Crippen molar-refractivity contribution in [1.29, 1.82) is 0 Å². The third-order valence-electron chi connectivity index (χ3n) is 3.72. The zero-order valence-corrected chi connectivity index (χ0v) is 14.5. The number of morpholine rings is 1. The summed E-state index contributed by atoms with van der Waals surface area (Å²) in [5.74, 6) is 0.0368. The van der Waals surface area contributed by atoms with Crippen LogP contribution in [-0.4, -0.2) is 35.5 Å². The second-order valence-electron chi connectivity index (χ2n) is 5.87. The predicted molar refractivity (Wildman–Crippen MR) is 88.9 cm³/mol. The lowest BCUT2D eigenvalue weighted by atomic mass is 9.94. The van der Waals surface area contributed by atoms with E-state index in [-0.39, 0.29) is 30.5 Å². The van der Waals surface area contributed by atoms with Crippen LogP contribution in [0.15, 0.2) is 16.8 Å². The molecule has 120 valence electrons. The lowest BCUT2D eigenvalue weighted by Gasteiger charge is -2.40. The van der Waals surface area contributed by atoms with Crippen molar-refractivity contribution in [3.05, 3.63) is 22.4 Å². The molecule has 1 aromatic heterocycles.